The number of hydrogen-bond acceptors (Lipinski definition) is 4. The number of aromatic nitrogens is 3. The first-order valence-electron chi connectivity index (χ1n) is 11.6. The lowest BCUT2D eigenvalue weighted by molar-refractivity contribution is 0.411. The van der Waals surface area contributed by atoms with E-state index in [0.29, 0.717) is 22.5 Å². The van der Waals surface area contributed by atoms with Gasteiger partial charge in [-0.1, -0.05) is 43.5 Å². The maximum atomic E-state index is 14.7. The van der Waals surface area contributed by atoms with Crippen molar-refractivity contribution in [2.75, 3.05) is 12.0 Å². The molecular weight excluding hydrogens is 439 g/mol. The molecule has 0 radical (unpaired) electrons. The van der Waals surface area contributed by atoms with Crippen molar-refractivity contribution in [3.8, 4) is 5.75 Å². The minimum atomic E-state index is -0.203. The molecule has 2 aromatic carbocycles. The molecule has 33 heavy (non-hydrogen) atoms. The van der Waals surface area contributed by atoms with E-state index in [0.717, 1.165) is 47.8 Å². The van der Waals surface area contributed by atoms with Crippen molar-refractivity contribution in [2.45, 2.75) is 66.0 Å². The van der Waals surface area contributed by atoms with Gasteiger partial charge in [0.25, 0.3) is 0 Å². The molecule has 7 heteroatoms. The largest absolute Gasteiger partial charge is 0.496 e. The lowest BCUT2D eigenvalue weighted by Gasteiger charge is -2.33. The third-order valence-electron chi connectivity index (χ3n) is 6.37. The molecule has 5 nitrogen and oxygen atoms in total. The van der Waals surface area contributed by atoms with Gasteiger partial charge in [-0.2, -0.15) is 4.98 Å². The van der Waals surface area contributed by atoms with Gasteiger partial charge in [-0.3, -0.25) is 0 Å². The Morgan fingerprint density at radius 2 is 1.94 bits per heavy atom. The summed E-state index contributed by atoms with van der Waals surface area (Å²) >= 11 is 6.81. The Bertz CT molecular complexity index is 1140. The Morgan fingerprint density at radius 1 is 1.18 bits per heavy atom. The Labute approximate surface area is 200 Å². The average molecular weight is 471 g/mol. The van der Waals surface area contributed by atoms with Crippen LogP contribution in [0.1, 0.15) is 61.2 Å². The molecule has 0 N–H and O–H groups in total. The van der Waals surface area contributed by atoms with Gasteiger partial charge < -0.3 is 9.64 Å². The summed E-state index contributed by atoms with van der Waals surface area (Å²) in [5.74, 6) is 2.55. The van der Waals surface area contributed by atoms with Crippen LogP contribution in [0.15, 0.2) is 30.3 Å². The fourth-order valence-corrected chi connectivity index (χ4v) is 4.52. The van der Waals surface area contributed by atoms with E-state index in [1.807, 2.05) is 42.8 Å². The Kier molecular flexibility index (Phi) is 6.94. The number of halogens is 2. The topological polar surface area (TPSA) is 43.2 Å². The Morgan fingerprint density at radius 3 is 2.58 bits per heavy atom. The molecule has 176 valence electrons. The molecule has 1 saturated carbocycles. The summed E-state index contributed by atoms with van der Waals surface area (Å²) in [6.45, 7) is 8.65. The van der Waals surface area contributed by atoms with Gasteiger partial charge in [0.2, 0.25) is 5.95 Å². The molecule has 1 aliphatic carbocycles. The van der Waals surface area contributed by atoms with Crippen LogP contribution in [-0.2, 0) is 6.54 Å². The fraction of sp³-hybridized carbons (Fsp3) is 0.462. The van der Waals surface area contributed by atoms with Crippen molar-refractivity contribution in [3.63, 3.8) is 0 Å². The van der Waals surface area contributed by atoms with Crippen LogP contribution in [0, 0.1) is 32.5 Å². The first kappa shape index (κ1) is 23.6. The number of methoxy groups -OCH3 is 1. The maximum Gasteiger partial charge on any atom is 0.250 e. The van der Waals surface area contributed by atoms with Crippen LogP contribution < -0.4 is 9.64 Å². The molecule has 3 aromatic rings. The number of ether oxygens (including phenoxy) is 1. The molecule has 1 aromatic heterocycles. The summed E-state index contributed by atoms with van der Waals surface area (Å²) in [5.41, 5.74) is 3.30. The molecule has 0 saturated heterocycles. The van der Waals surface area contributed by atoms with Crippen LogP contribution in [0.5, 0.6) is 5.75 Å². The van der Waals surface area contributed by atoms with Gasteiger partial charge in [0.15, 0.2) is 0 Å². The second-order valence-electron chi connectivity index (χ2n) is 9.03. The molecular formula is C26H32ClFN4O. The van der Waals surface area contributed by atoms with Crippen molar-refractivity contribution in [3.05, 3.63) is 63.7 Å². The normalized spacial score (nSPS) is 14.4. The monoisotopic (exact) mass is 470 g/mol. The van der Waals surface area contributed by atoms with Gasteiger partial charge in [0.05, 0.1) is 23.9 Å². The Balaban J connectivity index is 1.90. The second kappa shape index (κ2) is 9.72. The summed E-state index contributed by atoms with van der Waals surface area (Å²) in [7, 11) is 1.64. The van der Waals surface area contributed by atoms with Crippen LogP contribution in [0.4, 0.5) is 16.0 Å². The molecule has 0 amide bonds. The van der Waals surface area contributed by atoms with Gasteiger partial charge in [-0.05, 0) is 68.4 Å². The van der Waals surface area contributed by atoms with E-state index in [9.17, 15) is 4.39 Å². The fourth-order valence-electron chi connectivity index (χ4n) is 4.27. The van der Waals surface area contributed by atoms with Crippen molar-refractivity contribution in [1.82, 2.24) is 14.8 Å². The first-order chi connectivity index (χ1) is 15.8. The number of aryl methyl sites for hydroxylation is 4. The van der Waals surface area contributed by atoms with E-state index in [1.165, 1.54) is 12.8 Å². The van der Waals surface area contributed by atoms with Crippen LogP contribution in [0.25, 0.3) is 0 Å². The highest BCUT2D eigenvalue weighted by molar-refractivity contribution is 6.33. The van der Waals surface area contributed by atoms with E-state index in [1.54, 1.807) is 20.1 Å². The van der Waals surface area contributed by atoms with Gasteiger partial charge in [0.1, 0.15) is 17.4 Å². The van der Waals surface area contributed by atoms with E-state index in [2.05, 4.69) is 11.8 Å². The second-order valence-corrected chi connectivity index (χ2v) is 9.44. The number of benzene rings is 2. The smallest absolute Gasteiger partial charge is 0.250 e. The predicted octanol–water partition coefficient (Wildman–Crippen LogP) is 7.09. The lowest BCUT2D eigenvalue weighted by Crippen LogP contribution is -2.26. The van der Waals surface area contributed by atoms with Crippen molar-refractivity contribution >= 4 is 23.2 Å². The average Bonchev–Trinajstić information content (AvgIpc) is 3.54. The zero-order valence-corrected chi connectivity index (χ0v) is 20.8. The van der Waals surface area contributed by atoms with Gasteiger partial charge >= 0.3 is 0 Å². The predicted molar refractivity (Wildman–Crippen MR) is 131 cm³/mol. The summed E-state index contributed by atoms with van der Waals surface area (Å²) in [6, 6.07) is 9.21. The van der Waals surface area contributed by atoms with Crippen molar-refractivity contribution in [2.24, 2.45) is 5.92 Å². The number of hydrogen-bond donors (Lipinski definition) is 0. The molecule has 4 rings (SSSR count). The SMILES string of the molecule is CCCn1nc(N(c2cc(C)c(OC)cc2Cl)[C@@H](CC2CC2)c2ccc(C)c(F)c2)nc1C. The van der Waals surface area contributed by atoms with Gasteiger partial charge in [-0.25, -0.2) is 9.07 Å². The quantitative estimate of drug-likeness (QED) is 0.334. The highest BCUT2D eigenvalue weighted by Crippen LogP contribution is 2.46. The Hall–Kier alpha value is -2.60. The van der Waals surface area contributed by atoms with E-state index in [-0.39, 0.29) is 11.9 Å². The summed E-state index contributed by atoms with van der Waals surface area (Å²) in [6.07, 6.45) is 4.21. The molecule has 1 aliphatic rings. The summed E-state index contributed by atoms with van der Waals surface area (Å²) < 4.78 is 22.1. The van der Waals surface area contributed by atoms with Crippen LogP contribution in [-0.4, -0.2) is 21.9 Å². The number of nitrogens with zero attached hydrogens (tertiary/aromatic N) is 4. The van der Waals surface area contributed by atoms with Crippen LogP contribution >= 0.6 is 11.6 Å². The zero-order valence-electron chi connectivity index (χ0n) is 20.0. The van der Waals surface area contributed by atoms with E-state index >= 15 is 0 Å². The number of anilines is 2. The lowest BCUT2D eigenvalue weighted by atomic mass is 9.97. The van der Waals surface area contributed by atoms with E-state index in [4.69, 9.17) is 26.4 Å². The first-order valence-corrected chi connectivity index (χ1v) is 12.0. The molecule has 1 heterocycles. The maximum absolute atomic E-state index is 14.7. The summed E-state index contributed by atoms with van der Waals surface area (Å²) in [5, 5.41) is 5.40. The molecule has 0 spiro atoms. The van der Waals surface area contributed by atoms with Crippen molar-refractivity contribution < 1.29 is 9.13 Å². The highest BCUT2D eigenvalue weighted by Gasteiger charge is 2.34. The molecule has 1 atom stereocenters. The zero-order chi connectivity index (χ0) is 23.7. The number of rotatable bonds is 9. The summed E-state index contributed by atoms with van der Waals surface area (Å²) in [4.78, 5) is 6.92. The standard InChI is InChI=1S/C26H32ClFN4O/c1-6-11-31-18(4)29-26(30-31)32(24-12-17(3)25(33-5)15-21(24)27)23(13-19-8-9-19)20-10-7-16(2)22(28)14-20/h7,10,12,14-15,19,23H,6,8-9,11,13H2,1-5H3/t23-/m0/s1. The van der Waals surface area contributed by atoms with E-state index < -0.39 is 0 Å². The molecule has 0 bridgehead atoms. The minimum absolute atomic E-state index is 0.144. The molecule has 1 fully saturated rings. The third kappa shape index (κ3) is 5.01. The van der Waals surface area contributed by atoms with Crippen molar-refractivity contribution in [1.29, 1.82) is 0 Å². The molecule has 0 aliphatic heterocycles. The van der Waals surface area contributed by atoms with Crippen LogP contribution in [0.3, 0.4) is 0 Å². The minimum Gasteiger partial charge on any atom is -0.496 e. The highest BCUT2D eigenvalue weighted by atomic mass is 35.5. The van der Waals surface area contributed by atoms with Gasteiger partial charge in [-0.15, -0.1) is 5.10 Å². The van der Waals surface area contributed by atoms with Gasteiger partial charge in [0, 0.05) is 12.6 Å². The molecule has 0 unspecified atom stereocenters. The van der Waals surface area contributed by atoms with Crippen LogP contribution in [0.2, 0.25) is 5.02 Å². The third-order valence-corrected chi connectivity index (χ3v) is 6.67.